The van der Waals surface area contributed by atoms with Crippen LogP contribution in [0.25, 0.3) is 44.5 Å². The molecule has 0 spiro atoms. The van der Waals surface area contributed by atoms with Crippen LogP contribution in [0.15, 0.2) is 97.1 Å². The van der Waals surface area contributed by atoms with E-state index in [0.29, 0.717) is 5.75 Å². The van der Waals surface area contributed by atoms with E-state index in [-0.39, 0.29) is 0 Å². The van der Waals surface area contributed by atoms with E-state index >= 15 is 0 Å². The molecular formula is C33H24O. The van der Waals surface area contributed by atoms with Gasteiger partial charge >= 0.3 is 0 Å². The second-order valence-corrected chi connectivity index (χ2v) is 9.54. The molecule has 1 nitrogen and oxygen atoms in total. The molecule has 34 heavy (non-hydrogen) atoms. The first-order valence-corrected chi connectivity index (χ1v) is 11.9. The summed E-state index contributed by atoms with van der Waals surface area (Å²) in [6.45, 7) is 2.13. The molecule has 7 rings (SSSR count). The van der Waals surface area contributed by atoms with Crippen LogP contribution in [0.1, 0.15) is 27.8 Å². The van der Waals surface area contributed by atoms with Gasteiger partial charge in [-0.05, 0) is 93.1 Å². The van der Waals surface area contributed by atoms with Gasteiger partial charge in [0.05, 0.1) is 0 Å². The van der Waals surface area contributed by atoms with Crippen molar-refractivity contribution in [2.45, 2.75) is 19.8 Å². The maximum Gasteiger partial charge on any atom is 0.131 e. The third-order valence-corrected chi connectivity index (χ3v) is 7.54. The van der Waals surface area contributed by atoms with Crippen molar-refractivity contribution in [2.75, 3.05) is 0 Å². The van der Waals surface area contributed by atoms with Crippen molar-refractivity contribution in [1.29, 1.82) is 0 Å². The molecule has 1 heteroatoms. The van der Waals surface area contributed by atoms with Crippen LogP contribution in [0.5, 0.6) is 5.75 Å². The van der Waals surface area contributed by atoms with Crippen LogP contribution in [0.4, 0.5) is 0 Å². The molecule has 0 fully saturated rings. The monoisotopic (exact) mass is 436 g/mol. The first kappa shape index (κ1) is 19.4. The third-order valence-electron chi connectivity index (χ3n) is 7.54. The summed E-state index contributed by atoms with van der Waals surface area (Å²) in [6, 6.07) is 34.5. The Morgan fingerprint density at radius 1 is 0.471 bits per heavy atom. The van der Waals surface area contributed by atoms with E-state index in [2.05, 4.69) is 104 Å². The molecule has 0 amide bonds. The Balaban J connectivity index is 1.42. The summed E-state index contributed by atoms with van der Waals surface area (Å²) < 4.78 is 0. The third kappa shape index (κ3) is 2.74. The molecule has 5 aromatic carbocycles. The lowest BCUT2D eigenvalue weighted by molar-refractivity contribution is 0.479. The fourth-order valence-corrected chi connectivity index (χ4v) is 6.01. The number of phenols is 1. The molecule has 0 radical (unpaired) electrons. The topological polar surface area (TPSA) is 20.2 Å². The maximum atomic E-state index is 11.7. The first-order chi connectivity index (χ1) is 16.7. The Kier molecular flexibility index (Phi) is 4.10. The highest BCUT2D eigenvalue weighted by Gasteiger charge is 2.26. The van der Waals surface area contributed by atoms with Gasteiger partial charge in [0, 0.05) is 11.1 Å². The molecular weight excluding hydrogens is 412 g/mol. The van der Waals surface area contributed by atoms with E-state index in [1.807, 2.05) is 0 Å². The average Bonchev–Trinajstić information content (AvgIpc) is 3.44. The Labute approximate surface area is 200 Å². The second kappa shape index (κ2) is 7.20. The zero-order chi connectivity index (χ0) is 22.8. The molecule has 0 aliphatic heterocycles. The Hall–Kier alpha value is -4.10. The standard InChI is InChI=1S/C33H24O/c1-20-16-31(27-14-6-12-25-23-10-4-2-8-21(23)18-29(25)27)33(34)32(17-20)28-15-7-13-26-24-11-5-3-9-22(24)19-30(26)28/h2-17,34H,18-19H2,1H3. The van der Waals surface area contributed by atoms with E-state index in [1.165, 1.54) is 44.5 Å². The molecule has 0 heterocycles. The zero-order valence-corrected chi connectivity index (χ0v) is 19.1. The van der Waals surface area contributed by atoms with E-state index in [9.17, 15) is 5.11 Å². The molecule has 0 saturated heterocycles. The first-order valence-electron chi connectivity index (χ1n) is 11.9. The Morgan fingerprint density at radius 3 is 1.32 bits per heavy atom. The van der Waals surface area contributed by atoms with Gasteiger partial charge in [-0.1, -0.05) is 84.9 Å². The summed E-state index contributed by atoms with van der Waals surface area (Å²) >= 11 is 0. The molecule has 0 saturated carbocycles. The number of phenolic OH excluding ortho intramolecular Hbond substituents is 1. The van der Waals surface area contributed by atoms with Gasteiger partial charge in [0.15, 0.2) is 0 Å². The van der Waals surface area contributed by atoms with Crippen LogP contribution in [0, 0.1) is 6.92 Å². The molecule has 2 aliphatic rings. The fourth-order valence-electron chi connectivity index (χ4n) is 6.01. The van der Waals surface area contributed by atoms with Crippen molar-refractivity contribution in [2.24, 2.45) is 0 Å². The van der Waals surface area contributed by atoms with Crippen LogP contribution in [-0.2, 0) is 12.8 Å². The lowest BCUT2D eigenvalue weighted by Gasteiger charge is -2.17. The van der Waals surface area contributed by atoms with Crippen LogP contribution >= 0.6 is 0 Å². The van der Waals surface area contributed by atoms with Crippen LogP contribution in [0.3, 0.4) is 0 Å². The highest BCUT2D eigenvalue weighted by atomic mass is 16.3. The van der Waals surface area contributed by atoms with Crippen molar-refractivity contribution in [3.63, 3.8) is 0 Å². The summed E-state index contributed by atoms with van der Waals surface area (Å²) in [5.74, 6) is 0.374. The minimum Gasteiger partial charge on any atom is -0.507 e. The maximum absolute atomic E-state index is 11.7. The summed E-state index contributed by atoms with van der Waals surface area (Å²) in [5, 5.41) is 11.7. The number of rotatable bonds is 2. The number of aryl methyl sites for hydroxylation is 1. The lowest BCUT2D eigenvalue weighted by atomic mass is 9.88. The molecule has 0 bridgehead atoms. The number of hydrogen-bond acceptors (Lipinski definition) is 1. The lowest BCUT2D eigenvalue weighted by Crippen LogP contribution is -1.94. The number of benzene rings is 5. The van der Waals surface area contributed by atoms with Crippen molar-refractivity contribution >= 4 is 0 Å². The fraction of sp³-hybridized carbons (Fsp3) is 0.0909. The smallest absolute Gasteiger partial charge is 0.131 e. The van der Waals surface area contributed by atoms with Gasteiger partial charge in [0.2, 0.25) is 0 Å². The molecule has 0 atom stereocenters. The minimum atomic E-state index is 0.374. The normalized spacial score (nSPS) is 12.7. The molecule has 5 aromatic rings. The summed E-state index contributed by atoms with van der Waals surface area (Å²) in [4.78, 5) is 0. The number of aromatic hydroxyl groups is 1. The minimum absolute atomic E-state index is 0.374. The SMILES string of the molecule is Cc1cc(-c2cccc3c2Cc2ccccc2-3)c(O)c(-c2cccc3c2Cc2ccccc2-3)c1. The molecule has 162 valence electrons. The number of fused-ring (bicyclic) bond motifs is 6. The van der Waals surface area contributed by atoms with Gasteiger partial charge in [-0.3, -0.25) is 0 Å². The van der Waals surface area contributed by atoms with Gasteiger partial charge in [0.25, 0.3) is 0 Å². The molecule has 1 N–H and O–H groups in total. The second-order valence-electron chi connectivity index (χ2n) is 9.54. The van der Waals surface area contributed by atoms with Gasteiger partial charge in [-0.25, -0.2) is 0 Å². The van der Waals surface area contributed by atoms with Crippen molar-refractivity contribution in [3.05, 3.63) is 125 Å². The zero-order valence-electron chi connectivity index (χ0n) is 19.1. The molecule has 0 aromatic heterocycles. The Bertz CT molecular complexity index is 1500. The summed E-state index contributed by atoms with van der Waals surface area (Å²) in [7, 11) is 0. The summed E-state index contributed by atoms with van der Waals surface area (Å²) in [6.07, 6.45) is 1.81. The van der Waals surface area contributed by atoms with Gasteiger partial charge in [-0.15, -0.1) is 0 Å². The van der Waals surface area contributed by atoms with Crippen molar-refractivity contribution in [3.8, 4) is 50.3 Å². The van der Waals surface area contributed by atoms with Gasteiger partial charge in [-0.2, -0.15) is 0 Å². The van der Waals surface area contributed by atoms with Gasteiger partial charge in [0.1, 0.15) is 5.75 Å². The van der Waals surface area contributed by atoms with E-state index in [0.717, 1.165) is 40.7 Å². The molecule has 0 unspecified atom stereocenters. The predicted octanol–water partition coefficient (Wildman–Crippen LogP) is 8.18. The summed E-state index contributed by atoms with van der Waals surface area (Å²) in [5.41, 5.74) is 15.8. The quantitative estimate of drug-likeness (QED) is 0.290. The van der Waals surface area contributed by atoms with E-state index in [4.69, 9.17) is 0 Å². The predicted molar refractivity (Wildman–Crippen MR) is 140 cm³/mol. The van der Waals surface area contributed by atoms with Crippen LogP contribution < -0.4 is 0 Å². The Morgan fingerprint density at radius 2 is 0.853 bits per heavy atom. The van der Waals surface area contributed by atoms with Crippen molar-refractivity contribution < 1.29 is 5.11 Å². The average molecular weight is 437 g/mol. The van der Waals surface area contributed by atoms with Crippen LogP contribution in [0.2, 0.25) is 0 Å². The molecule has 2 aliphatic carbocycles. The highest BCUT2D eigenvalue weighted by molar-refractivity contribution is 5.92. The number of hydrogen-bond donors (Lipinski definition) is 1. The van der Waals surface area contributed by atoms with E-state index < -0.39 is 0 Å². The van der Waals surface area contributed by atoms with Crippen LogP contribution in [-0.4, -0.2) is 5.11 Å². The largest absolute Gasteiger partial charge is 0.507 e. The highest BCUT2D eigenvalue weighted by Crippen LogP contribution is 2.48. The van der Waals surface area contributed by atoms with Gasteiger partial charge < -0.3 is 5.11 Å². The van der Waals surface area contributed by atoms with E-state index in [1.54, 1.807) is 0 Å². The van der Waals surface area contributed by atoms with Crippen molar-refractivity contribution in [1.82, 2.24) is 0 Å².